The van der Waals surface area contributed by atoms with Crippen LogP contribution in [-0.4, -0.2) is 40.0 Å². The zero-order chi connectivity index (χ0) is 18.0. The summed E-state index contributed by atoms with van der Waals surface area (Å²) in [5.41, 5.74) is 1.21. The van der Waals surface area contributed by atoms with E-state index in [0.29, 0.717) is 5.91 Å². The fourth-order valence-electron chi connectivity index (χ4n) is 3.71. The van der Waals surface area contributed by atoms with E-state index < -0.39 is 0 Å². The number of hydrogen-bond donors (Lipinski definition) is 0. The minimum absolute atomic E-state index is 0.124. The van der Waals surface area contributed by atoms with Crippen molar-refractivity contribution in [3.05, 3.63) is 34.9 Å². The van der Waals surface area contributed by atoms with E-state index in [1.807, 2.05) is 24.1 Å². The first-order chi connectivity index (χ1) is 12.0. The molecule has 1 aromatic carbocycles. The summed E-state index contributed by atoms with van der Waals surface area (Å²) >= 11 is 8.01. The number of rotatable bonds is 7. The lowest BCUT2D eigenvalue weighted by molar-refractivity contribution is -0.145. The zero-order valence-corrected chi connectivity index (χ0v) is 17.0. The van der Waals surface area contributed by atoms with Crippen LogP contribution in [0.25, 0.3) is 0 Å². The van der Waals surface area contributed by atoms with Gasteiger partial charge in [0.1, 0.15) is 0 Å². The van der Waals surface area contributed by atoms with Gasteiger partial charge in [-0.1, -0.05) is 49.5 Å². The molecule has 0 N–H and O–H groups in total. The van der Waals surface area contributed by atoms with Crippen molar-refractivity contribution in [3.63, 3.8) is 0 Å². The first-order valence-corrected chi connectivity index (χ1v) is 10.7. The topological polar surface area (TPSA) is 23.6 Å². The van der Waals surface area contributed by atoms with E-state index in [4.69, 9.17) is 11.6 Å². The third-order valence-electron chi connectivity index (χ3n) is 5.33. The van der Waals surface area contributed by atoms with Gasteiger partial charge in [-0.2, -0.15) is 0 Å². The Morgan fingerprint density at radius 3 is 2.52 bits per heavy atom. The van der Waals surface area contributed by atoms with Crippen molar-refractivity contribution in [2.24, 2.45) is 5.92 Å². The molecule has 2 fully saturated rings. The van der Waals surface area contributed by atoms with Crippen molar-refractivity contribution in [1.29, 1.82) is 0 Å². The molecular weight excluding hydrogens is 352 g/mol. The Kier molecular flexibility index (Phi) is 6.35. The summed E-state index contributed by atoms with van der Waals surface area (Å²) in [5.74, 6) is 0.432. The van der Waals surface area contributed by atoms with Crippen LogP contribution in [0.2, 0.25) is 5.02 Å². The van der Waals surface area contributed by atoms with Gasteiger partial charge < -0.3 is 4.90 Å². The summed E-state index contributed by atoms with van der Waals surface area (Å²) in [7, 11) is 2.17. The SMILES string of the molecule is CC[C@@H](CN(C)SC1CC1)N1C(=O)C(C)CC[C@H]1c1ccc(Cl)cc1. The lowest BCUT2D eigenvalue weighted by atomic mass is 9.87. The summed E-state index contributed by atoms with van der Waals surface area (Å²) in [5, 5.41) is 1.55. The molecule has 138 valence electrons. The first-order valence-electron chi connectivity index (χ1n) is 9.45. The van der Waals surface area contributed by atoms with Crippen molar-refractivity contribution in [2.75, 3.05) is 13.6 Å². The summed E-state index contributed by atoms with van der Waals surface area (Å²) in [6.07, 6.45) is 5.64. The average molecular weight is 381 g/mol. The number of hydrogen-bond acceptors (Lipinski definition) is 3. The highest BCUT2D eigenvalue weighted by Gasteiger charge is 2.38. The van der Waals surface area contributed by atoms with E-state index in [1.54, 1.807) is 0 Å². The number of likely N-dealkylation sites (N-methyl/N-ethyl adjacent to an activating group) is 1. The summed E-state index contributed by atoms with van der Waals surface area (Å²) in [6.45, 7) is 5.20. The molecule has 1 unspecified atom stereocenters. The molecule has 0 bridgehead atoms. The maximum atomic E-state index is 13.1. The first kappa shape index (κ1) is 19.1. The second-order valence-corrected chi connectivity index (χ2v) is 9.41. The second-order valence-electron chi connectivity index (χ2n) is 7.47. The van der Waals surface area contributed by atoms with Crippen molar-refractivity contribution < 1.29 is 4.79 Å². The minimum atomic E-state index is 0.124. The van der Waals surface area contributed by atoms with Gasteiger partial charge >= 0.3 is 0 Å². The van der Waals surface area contributed by atoms with Crippen LogP contribution in [0.1, 0.15) is 57.6 Å². The van der Waals surface area contributed by atoms with Crippen LogP contribution in [0.4, 0.5) is 0 Å². The molecule has 1 saturated carbocycles. The molecule has 25 heavy (non-hydrogen) atoms. The quantitative estimate of drug-likeness (QED) is 0.610. The van der Waals surface area contributed by atoms with E-state index in [2.05, 4.69) is 42.2 Å². The van der Waals surface area contributed by atoms with Gasteiger partial charge in [0.25, 0.3) is 0 Å². The number of carbonyl (C=O) groups excluding carboxylic acids is 1. The summed E-state index contributed by atoms with van der Waals surface area (Å²) in [6, 6.07) is 8.47. The van der Waals surface area contributed by atoms with Crippen molar-refractivity contribution in [2.45, 2.75) is 63.3 Å². The highest BCUT2D eigenvalue weighted by molar-refractivity contribution is 7.97. The monoisotopic (exact) mass is 380 g/mol. The van der Waals surface area contributed by atoms with E-state index in [9.17, 15) is 4.79 Å². The third-order valence-corrected chi connectivity index (χ3v) is 6.86. The molecule has 1 aliphatic heterocycles. The Hall–Kier alpha value is -0.710. The summed E-state index contributed by atoms with van der Waals surface area (Å²) < 4.78 is 2.34. The maximum absolute atomic E-state index is 13.1. The number of benzene rings is 1. The molecule has 1 amide bonds. The van der Waals surface area contributed by atoms with E-state index in [0.717, 1.165) is 36.1 Å². The van der Waals surface area contributed by atoms with Gasteiger partial charge in [-0.05, 0) is 56.8 Å². The molecule has 3 atom stereocenters. The highest BCUT2D eigenvalue weighted by Crippen LogP contribution is 2.39. The summed E-state index contributed by atoms with van der Waals surface area (Å²) in [4.78, 5) is 15.2. The second kappa shape index (κ2) is 8.32. The maximum Gasteiger partial charge on any atom is 0.226 e. The van der Waals surface area contributed by atoms with Crippen molar-refractivity contribution >= 4 is 29.5 Å². The molecule has 1 heterocycles. The van der Waals surface area contributed by atoms with Gasteiger partial charge in [0.2, 0.25) is 5.91 Å². The number of amides is 1. The van der Waals surface area contributed by atoms with Crippen molar-refractivity contribution in [3.8, 4) is 0 Å². The van der Waals surface area contributed by atoms with Crippen molar-refractivity contribution in [1.82, 2.24) is 9.21 Å². The lowest BCUT2D eigenvalue weighted by Gasteiger charge is -2.44. The molecule has 1 aromatic rings. The number of nitrogens with zero attached hydrogens (tertiary/aromatic N) is 2. The Morgan fingerprint density at radius 1 is 1.24 bits per heavy atom. The van der Waals surface area contributed by atoms with Gasteiger partial charge in [-0.3, -0.25) is 9.10 Å². The molecule has 0 spiro atoms. The van der Waals surface area contributed by atoms with Crippen LogP contribution in [0.5, 0.6) is 0 Å². The Balaban J connectivity index is 1.79. The van der Waals surface area contributed by atoms with E-state index in [1.165, 1.54) is 18.4 Å². The Labute approximate surface area is 161 Å². The van der Waals surface area contributed by atoms with Gasteiger partial charge in [0.15, 0.2) is 0 Å². The van der Waals surface area contributed by atoms with Gasteiger partial charge in [0, 0.05) is 28.8 Å². The average Bonchev–Trinajstić information content (AvgIpc) is 3.40. The fraction of sp³-hybridized carbons (Fsp3) is 0.650. The normalized spacial score (nSPS) is 25.5. The third kappa shape index (κ3) is 4.72. The molecule has 3 nitrogen and oxygen atoms in total. The number of halogens is 1. The molecule has 0 aromatic heterocycles. The number of piperidine rings is 1. The fourth-order valence-corrected chi connectivity index (χ4v) is 4.95. The smallest absolute Gasteiger partial charge is 0.226 e. The van der Waals surface area contributed by atoms with E-state index >= 15 is 0 Å². The van der Waals surface area contributed by atoms with Crippen LogP contribution in [-0.2, 0) is 4.79 Å². The number of carbonyl (C=O) groups is 1. The molecule has 2 aliphatic rings. The van der Waals surface area contributed by atoms with Crippen LogP contribution in [0, 0.1) is 5.92 Å². The molecular formula is C20H29ClN2OS. The Morgan fingerprint density at radius 2 is 1.92 bits per heavy atom. The van der Waals surface area contributed by atoms with Gasteiger partial charge in [0.05, 0.1) is 6.04 Å². The zero-order valence-electron chi connectivity index (χ0n) is 15.5. The minimum Gasteiger partial charge on any atom is -0.331 e. The Bertz CT molecular complexity index is 590. The van der Waals surface area contributed by atoms with E-state index in [-0.39, 0.29) is 18.0 Å². The molecule has 3 rings (SSSR count). The lowest BCUT2D eigenvalue weighted by Crippen LogP contribution is -2.51. The standard InChI is InChI=1S/C20H29ClN2OS/c1-4-17(13-22(3)25-18-10-11-18)23-19(12-5-14(2)20(23)24)15-6-8-16(21)9-7-15/h6-9,14,17-19H,4-5,10-13H2,1-3H3/t14?,17-,19-/m0/s1. The predicted octanol–water partition coefficient (Wildman–Crippen LogP) is 5.16. The predicted molar refractivity (Wildman–Crippen MR) is 107 cm³/mol. The van der Waals surface area contributed by atoms with Gasteiger partial charge in [-0.25, -0.2) is 0 Å². The molecule has 1 aliphatic carbocycles. The van der Waals surface area contributed by atoms with Crippen LogP contribution < -0.4 is 0 Å². The van der Waals surface area contributed by atoms with Crippen LogP contribution in [0.3, 0.4) is 0 Å². The molecule has 5 heteroatoms. The molecule has 1 saturated heterocycles. The van der Waals surface area contributed by atoms with Crippen LogP contribution in [0.15, 0.2) is 24.3 Å². The van der Waals surface area contributed by atoms with Gasteiger partial charge in [-0.15, -0.1) is 0 Å². The molecule has 0 radical (unpaired) electrons. The number of likely N-dealkylation sites (tertiary alicyclic amines) is 1. The largest absolute Gasteiger partial charge is 0.331 e. The highest BCUT2D eigenvalue weighted by atomic mass is 35.5. The van der Waals surface area contributed by atoms with Crippen LogP contribution >= 0.6 is 23.5 Å².